The molecular weight excluding hydrogens is 896 g/mol. The number of nitrogens with one attached hydrogen (secondary N) is 1. The number of carbonyl (C=O) groups excluding carboxylic acids is 5. The van der Waals surface area contributed by atoms with Gasteiger partial charge in [0.2, 0.25) is 11.8 Å². The summed E-state index contributed by atoms with van der Waals surface area (Å²) >= 11 is 0. The number of piperidine rings is 4. The minimum Gasteiger partial charge on any atom is -0.445 e. The van der Waals surface area contributed by atoms with Gasteiger partial charge in [-0.15, -0.1) is 12.4 Å². The van der Waals surface area contributed by atoms with Crippen molar-refractivity contribution in [3.8, 4) is 0 Å². The maximum atomic E-state index is 12.7. The quantitative estimate of drug-likeness (QED) is 0.278. The van der Waals surface area contributed by atoms with Crippen molar-refractivity contribution < 1.29 is 38.6 Å². The van der Waals surface area contributed by atoms with Gasteiger partial charge in [0.25, 0.3) is 0 Å². The van der Waals surface area contributed by atoms with E-state index in [-0.39, 0.29) is 44.4 Å². The lowest BCUT2D eigenvalue weighted by molar-refractivity contribution is -0.133. The maximum absolute atomic E-state index is 12.7. The Bertz CT molecular complexity index is 1860. The number of aliphatic hydroxyl groups is 1. The Balaban J connectivity index is 0.000000204. The number of ketones is 1. The number of hydrogen-bond acceptors (Lipinski definition) is 10. The number of nitrogens with zero attached hydrogens (tertiary/aromatic N) is 5. The van der Waals surface area contributed by atoms with Crippen LogP contribution in [0.2, 0.25) is 0 Å². The lowest BCUT2D eigenvalue weighted by atomic mass is 9.84. The van der Waals surface area contributed by atoms with Crippen molar-refractivity contribution in [2.45, 2.75) is 166 Å². The second-order valence-corrected chi connectivity index (χ2v) is 19.8. The van der Waals surface area contributed by atoms with Gasteiger partial charge >= 0.3 is 12.2 Å². The number of hydrogen-bond donors (Lipinski definition) is 2. The summed E-state index contributed by atoms with van der Waals surface area (Å²) in [7, 11) is 1.00. The summed E-state index contributed by atoms with van der Waals surface area (Å²) < 4.78 is 10.7. The average Bonchev–Trinajstić information content (AvgIpc) is 3.92. The van der Waals surface area contributed by atoms with Gasteiger partial charge in [0.1, 0.15) is 19.0 Å². The van der Waals surface area contributed by atoms with Gasteiger partial charge in [-0.2, -0.15) is 0 Å². The van der Waals surface area contributed by atoms with Crippen LogP contribution in [0, 0.1) is 11.8 Å². The molecule has 6 aliphatic heterocycles. The van der Waals surface area contributed by atoms with Gasteiger partial charge < -0.3 is 44.4 Å². The van der Waals surface area contributed by atoms with Crippen LogP contribution in [0.3, 0.4) is 0 Å². The molecule has 2 aromatic carbocycles. The molecule has 8 fully saturated rings. The number of benzene rings is 2. The molecule has 15 heteroatoms. The summed E-state index contributed by atoms with van der Waals surface area (Å²) in [6.45, 7) is 7.45. The second kappa shape index (κ2) is 28.6. The number of rotatable bonds is 7. The highest BCUT2D eigenvalue weighted by Crippen LogP contribution is 2.41. The number of ether oxygens (including phenoxy) is 2. The predicted molar refractivity (Wildman–Crippen MR) is 271 cm³/mol. The molecule has 384 valence electrons. The van der Waals surface area contributed by atoms with Crippen molar-refractivity contribution in [3.05, 3.63) is 71.8 Å². The molecule has 69 heavy (non-hydrogen) atoms. The minimum atomic E-state index is -0.332. The van der Waals surface area contributed by atoms with E-state index < -0.39 is 0 Å². The van der Waals surface area contributed by atoms with E-state index in [9.17, 15) is 24.0 Å². The Labute approximate surface area is 418 Å². The molecule has 6 heterocycles. The van der Waals surface area contributed by atoms with Crippen LogP contribution in [-0.4, -0.2) is 149 Å². The lowest BCUT2D eigenvalue weighted by Gasteiger charge is -2.45. The van der Waals surface area contributed by atoms with Crippen LogP contribution in [0.4, 0.5) is 9.59 Å². The van der Waals surface area contributed by atoms with Gasteiger partial charge in [-0.25, -0.2) is 9.59 Å². The summed E-state index contributed by atoms with van der Waals surface area (Å²) in [4.78, 5) is 70.7. The molecule has 8 aliphatic rings. The fourth-order valence-corrected chi connectivity index (χ4v) is 12.2. The molecule has 0 unspecified atom stereocenters. The summed E-state index contributed by atoms with van der Waals surface area (Å²) in [6.07, 6.45) is 18.8. The van der Waals surface area contributed by atoms with Crippen molar-refractivity contribution in [3.63, 3.8) is 0 Å². The van der Waals surface area contributed by atoms with E-state index in [1.165, 1.54) is 51.4 Å². The van der Waals surface area contributed by atoms with Crippen LogP contribution in [0.5, 0.6) is 0 Å². The molecule has 4 atom stereocenters. The molecule has 0 bridgehead atoms. The third-order valence-electron chi connectivity index (χ3n) is 15.7. The molecule has 2 aromatic rings. The largest absolute Gasteiger partial charge is 0.445 e. The first-order valence-electron chi connectivity index (χ1n) is 25.8. The first kappa shape index (κ1) is 55.7. The van der Waals surface area contributed by atoms with E-state index in [4.69, 9.17) is 14.6 Å². The highest BCUT2D eigenvalue weighted by Gasteiger charge is 2.46. The second-order valence-electron chi connectivity index (χ2n) is 19.8. The fraction of sp³-hybridized carbons (Fsp3) is 0.685. The third kappa shape index (κ3) is 15.4. The molecule has 4 amide bonds. The monoisotopic (exact) mass is 979 g/mol. The number of likely N-dealkylation sites (tertiary alicyclic amines) is 5. The van der Waals surface area contributed by atoms with Crippen LogP contribution in [-0.2, 0) is 37.1 Å². The van der Waals surface area contributed by atoms with Crippen molar-refractivity contribution in [1.29, 1.82) is 0 Å². The van der Waals surface area contributed by atoms with Crippen molar-refractivity contribution >= 4 is 42.2 Å². The van der Waals surface area contributed by atoms with Crippen molar-refractivity contribution in [2.75, 3.05) is 59.5 Å². The fourth-order valence-electron chi connectivity index (χ4n) is 12.2. The van der Waals surface area contributed by atoms with Crippen LogP contribution in [0.15, 0.2) is 60.7 Å². The molecule has 2 saturated carbocycles. The molecule has 2 N–H and O–H groups in total. The maximum Gasteiger partial charge on any atom is 0.410 e. The number of aliphatic hydroxyl groups excluding tert-OH is 1. The predicted octanol–water partition coefficient (Wildman–Crippen LogP) is 8.23. The Hall–Kier alpha value is -4.24. The van der Waals surface area contributed by atoms with Crippen LogP contribution < -0.4 is 5.32 Å². The topological polar surface area (TPSA) is 152 Å². The molecule has 2 aliphatic carbocycles. The van der Waals surface area contributed by atoms with Crippen LogP contribution in [0.25, 0.3) is 0 Å². The third-order valence-corrected chi connectivity index (χ3v) is 15.7. The minimum absolute atomic E-state index is 0. The number of Topliss-reactive ketones (excluding diaryl/α,β-unsaturated/α-hetero) is 1. The number of carbonyl (C=O) groups is 5. The van der Waals surface area contributed by atoms with E-state index in [0.29, 0.717) is 86.4 Å². The van der Waals surface area contributed by atoms with Gasteiger partial charge in [0.15, 0.2) is 0 Å². The van der Waals surface area contributed by atoms with Gasteiger partial charge in [-0.3, -0.25) is 14.4 Å². The lowest BCUT2D eigenvalue weighted by Crippen LogP contribution is -2.53. The highest BCUT2D eigenvalue weighted by molar-refractivity contribution is 5.85. The van der Waals surface area contributed by atoms with E-state index in [2.05, 4.69) is 20.0 Å². The first-order chi connectivity index (χ1) is 32.8. The smallest absolute Gasteiger partial charge is 0.410 e. The summed E-state index contributed by atoms with van der Waals surface area (Å²) in [5.74, 6) is 2.40. The zero-order valence-electron chi connectivity index (χ0n) is 40.6. The van der Waals surface area contributed by atoms with Crippen LogP contribution in [0.1, 0.15) is 134 Å². The Morgan fingerprint density at radius 2 is 0.957 bits per heavy atom. The van der Waals surface area contributed by atoms with E-state index in [1.54, 1.807) is 4.90 Å². The number of halogens is 1. The average molecular weight is 980 g/mol. The molecule has 0 radical (unpaired) electrons. The summed E-state index contributed by atoms with van der Waals surface area (Å²) in [5.41, 5.74) is 1.99. The summed E-state index contributed by atoms with van der Waals surface area (Å²) in [6, 6.07) is 22.1. The molecular formula is C54H83ClN6O8. The SMILES string of the molecule is C.CO.Cl.O=C(OCc1ccccc1)N1CCC(N2CCC(N3C(=O)C[C@@H]4CCCC[C@@H]43)CC2)CC1.O=C1CCN(C(=O)OCc2ccccc2)CC1.O=C1C[C@@H]2CCCC[C@@H]2N1C1CCNCC1. The highest BCUT2D eigenvalue weighted by atomic mass is 35.5. The van der Waals surface area contributed by atoms with Crippen molar-refractivity contribution in [1.82, 2.24) is 29.8 Å². The number of amides is 4. The van der Waals surface area contributed by atoms with Crippen molar-refractivity contribution in [2.24, 2.45) is 11.8 Å². The van der Waals surface area contributed by atoms with Gasteiger partial charge in [-0.05, 0) is 100 Å². The van der Waals surface area contributed by atoms with Crippen LogP contribution >= 0.6 is 12.4 Å². The zero-order chi connectivity index (χ0) is 47.0. The van der Waals surface area contributed by atoms with Gasteiger partial charge in [0.05, 0.1) is 0 Å². The van der Waals surface area contributed by atoms with E-state index in [0.717, 1.165) is 109 Å². The normalized spacial score (nSPS) is 25.4. The Morgan fingerprint density at radius 1 is 0.551 bits per heavy atom. The standard InChI is InChI=1S/C26H37N3O3.C13H22N2O.C13H15NO3.CH4O.CH4.ClH/c30-25-18-21-8-4-5-9-24(21)29(25)23-12-14-27(15-13-23)22-10-16-28(17-11-22)26(31)32-19-20-6-2-1-3-7-20;16-13-9-10-3-1-2-4-12(10)15(13)11-5-7-14-8-6-11;15-12-6-8-14(9-7-12)13(16)17-10-11-4-2-1-3-5-11;1-2;;/h1-3,6-7,21-24H,4-5,8-19H2;10-12,14H,1-9H2;1-5H,6-10H2;2H,1H3;1H4;1H/t21-,24-;10-,12-;;;;/m00..../s1. The van der Waals surface area contributed by atoms with Gasteiger partial charge in [0, 0.05) is 102 Å². The Morgan fingerprint density at radius 3 is 1.42 bits per heavy atom. The molecule has 0 spiro atoms. The molecule has 6 saturated heterocycles. The number of fused-ring (bicyclic) bond motifs is 2. The molecule has 14 nitrogen and oxygen atoms in total. The zero-order valence-corrected chi connectivity index (χ0v) is 41.4. The van der Waals surface area contributed by atoms with Gasteiger partial charge in [-0.1, -0.05) is 93.8 Å². The van der Waals surface area contributed by atoms with E-state index >= 15 is 0 Å². The van der Waals surface area contributed by atoms with E-state index in [1.807, 2.05) is 65.6 Å². The molecule has 10 rings (SSSR count). The first-order valence-corrected chi connectivity index (χ1v) is 25.8. The Kier molecular flexibility index (Phi) is 23.1. The molecule has 0 aromatic heterocycles. The summed E-state index contributed by atoms with van der Waals surface area (Å²) in [5, 5.41) is 10.4.